The highest BCUT2D eigenvalue weighted by Crippen LogP contribution is 2.11. The number of hydrogen-bond acceptors (Lipinski definition) is 3. The maximum Gasteiger partial charge on any atom is 0.308 e. The topological polar surface area (TPSA) is 46.5 Å². The van der Waals surface area contributed by atoms with E-state index in [1.807, 2.05) is 0 Å². The van der Waals surface area contributed by atoms with Gasteiger partial charge >= 0.3 is 5.97 Å². The molecule has 0 aliphatic carbocycles. The summed E-state index contributed by atoms with van der Waals surface area (Å²) in [6.45, 7) is 2.26. The molecule has 1 atom stereocenters. The third-order valence-corrected chi connectivity index (χ3v) is 4.43. The molecular weight excluding hydrogens is 300 g/mol. The van der Waals surface area contributed by atoms with Gasteiger partial charge in [0, 0.05) is 0 Å². The Morgan fingerprint density at radius 3 is 1.92 bits per heavy atom. The summed E-state index contributed by atoms with van der Waals surface area (Å²) in [4.78, 5) is 11.0. The number of allylic oxidation sites excluding steroid dienone is 2. The average Bonchev–Trinajstić information content (AvgIpc) is 2.58. The molecule has 0 saturated heterocycles. The van der Waals surface area contributed by atoms with Crippen LogP contribution in [0.5, 0.6) is 0 Å². The molecule has 0 fully saturated rings. The minimum absolute atomic E-state index is 0.125. The fraction of sp³-hybridized carbons (Fsp3) is 0.857. The van der Waals surface area contributed by atoms with Gasteiger partial charge in [-0.1, -0.05) is 76.9 Å². The zero-order valence-corrected chi connectivity index (χ0v) is 16.1. The monoisotopic (exact) mass is 340 g/mol. The maximum atomic E-state index is 11.0. The van der Waals surface area contributed by atoms with Gasteiger partial charge in [0.25, 0.3) is 0 Å². The van der Waals surface area contributed by atoms with Crippen molar-refractivity contribution < 1.29 is 14.6 Å². The minimum atomic E-state index is -0.539. The van der Waals surface area contributed by atoms with E-state index < -0.39 is 6.10 Å². The SMILES string of the molecule is CCCCCCCCC=CCCCCCCC[C@H](O)CC(=O)OC. The number of aliphatic hydroxyl groups excluding tert-OH is 1. The van der Waals surface area contributed by atoms with Gasteiger partial charge in [-0.15, -0.1) is 0 Å². The Hall–Kier alpha value is -0.830. The Morgan fingerprint density at radius 1 is 0.875 bits per heavy atom. The van der Waals surface area contributed by atoms with Crippen molar-refractivity contribution in [2.45, 2.75) is 109 Å². The number of ether oxygens (including phenoxy) is 1. The van der Waals surface area contributed by atoms with Crippen molar-refractivity contribution in [1.29, 1.82) is 0 Å². The smallest absolute Gasteiger partial charge is 0.308 e. The molecule has 0 unspecified atom stereocenters. The van der Waals surface area contributed by atoms with E-state index in [4.69, 9.17) is 0 Å². The lowest BCUT2D eigenvalue weighted by atomic mass is 10.1. The normalized spacial score (nSPS) is 12.6. The van der Waals surface area contributed by atoms with Crippen LogP contribution in [0, 0.1) is 0 Å². The predicted molar refractivity (Wildman–Crippen MR) is 102 cm³/mol. The fourth-order valence-electron chi connectivity index (χ4n) is 2.83. The summed E-state index contributed by atoms with van der Waals surface area (Å²) in [5.74, 6) is -0.324. The first-order valence-corrected chi connectivity index (χ1v) is 10.1. The molecule has 0 aromatic carbocycles. The van der Waals surface area contributed by atoms with Crippen molar-refractivity contribution in [3.05, 3.63) is 12.2 Å². The largest absolute Gasteiger partial charge is 0.469 e. The number of aliphatic hydroxyl groups is 1. The van der Waals surface area contributed by atoms with Crippen molar-refractivity contribution in [2.24, 2.45) is 0 Å². The van der Waals surface area contributed by atoms with Crippen LogP contribution in [0.2, 0.25) is 0 Å². The summed E-state index contributed by atoms with van der Waals surface area (Å²) < 4.78 is 4.54. The van der Waals surface area contributed by atoms with Crippen LogP contribution < -0.4 is 0 Å². The summed E-state index contributed by atoms with van der Waals surface area (Å²) in [6.07, 6.45) is 21.5. The average molecular weight is 341 g/mol. The van der Waals surface area contributed by atoms with Crippen LogP contribution in [0.1, 0.15) is 103 Å². The zero-order valence-electron chi connectivity index (χ0n) is 16.1. The zero-order chi connectivity index (χ0) is 17.9. The van der Waals surface area contributed by atoms with Crippen LogP contribution in [0.25, 0.3) is 0 Å². The Balaban J connectivity index is 3.22. The highest BCUT2D eigenvalue weighted by Gasteiger charge is 2.09. The quantitative estimate of drug-likeness (QED) is 0.202. The van der Waals surface area contributed by atoms with Gasteiger partial charge in [0.2, 0.25) is 0 Å². The van der Waals surface area contributed by atoms with Crippen molar-refractivity contribution in [1.82, 2.24) is 0 Å². The first-order chi connectivity index (χ1) is 11.7. The molecule has 0 heterocycles. The summed E-state index contributed by atoms with van der Waals surface area (Å²) in [6, 6.07) is 0. The molecule has 3 heteroatoms. The molecule has 24 heavy (non-hydrogen) atoms. The van der Waals surface area contributed by atoms with E-state index in [1.165, 1.54) is 77.7 Å². The van der Waals surface area contributed by atoms with E-state index >= 15 is 0 Å². The molecule has 142 valence electrons. The van der Waals surface area contributed by atoms with Crippen LogP contribution in [-0.2, 0) is 9.53 Å². The first kappa shape index (κ1) is 23.2. The fourth-order valence-corrected chi connectivity index (χ4v) is 2.83. The Morgan fingerprint density at radius 2 is 1.38 bits per heavy atom. The van der Waals surface area contributed by atoms with Gasteiger partial charge in [0.15, 0.2) is 0 Å². The van der Waals surface area contributed by atoms with Crippen LogP contribution in [0.4, 0.5) is 0 Å². The van der Waals surface area contributed by atoms with Gasteiger partial charge in [0.05, 0.1) is 19.6 Å². The lowest BCUT2D eigenvalue weighted by Gasteiger charge is -2.08. The first-order valence-electron chi connectivity index (χ1n) is 10.1. The lowest BCUT2D eigenvalue weighted by molar-refractivity contribution is -0.142. The Labute approximate surface area is 149 Å². The molecular formula is C21H40O3. The second-order valence-electron chi connectivity index (χ2n) is 6.81. The van der Waals surface area contributed by atoms with Crippen LogP contribution in [0.3, 0.4) is 0 Å². The summed E-state index contributed by atoms with van der Waals surface area (Å²) in [5.41, 5.74) is 0. The van der Waals surface area contributed by atoms with E-state index in [1.54, 1.807) is 0 Å². The molecule has 0 aromatic rings. The van der Waals surface area contributed by atoms with E-state index in [2.05, 4.69) is 23.8 Å². The summed E-state index contributed by atoms with van der Waals surface area (Å²) >= 11 is 0. The van der Waals surface area contributed by atoms with Crippen molar-refractivity contribution >= 4 is 5.97 Å². The number of carbonyl (C=O) groups is 1. The van der Waals surface area contributed by atoms with Gasteiger partial charge in [0.1, 0.15) is 0 Å². The molecule has 0 radical (unpaired) electrons. The van der Waals surface area contributed by atoms with Gasteiger partial charge in [-0.05, 0) is 32.1 Å². The van der Waals surface area contributed by atoms with Crippen molar-refractivity contribution in [3.63, 3.8) is 0 Å². The van der Waals surface area contributed by atoms with Gasteiger partial charge in [-0.2, -0.15) is 0 Å². The molecule has 3 nitrogen and oxygen atoms in total. The van der Waals surface area contributed by atoms with Crippen molar-refractivity contribution in [2.75, 3.05) is 7.11 Å². The summed E-state index contributed by atoms with van der Waals surface area (Å²) in [7, 11) is 1.36. The third-order valence-electron chi connectivity index (χ3n) is 4.43. The van der Waals surface area contributed by atoms with Gasteiger partial charge in [-0.25, -0.2) is 0 Å². The van der Waals surface area contributed by atoms with E-state index in [-0.39, 0.29) is 12.4 Å². The van der Waals surface area contributed by atoms with E-state index in [9.17, 15) is 9.90 Å². The number of esters is 1. The molecule has 0 aliphatic rings. The third kappa shape index (κ3) is 17.5. The molecule has 0 spiro atoms. The van der Waals surface area contributed by atoms with Crippen LogP contribution >= 0.6 is 0 Å². The van der Waals surface area contributed by atoms with E-state index in [0.29, 0.717) is 6.42 Å². The molecule has 0 aliphatic heterocycles. The number of rotatable bonds is 17. The number of unbranched alkanes of at least 4 members (excludes halogenated alkanes) is 11. The second-order valence-corrected chi connectivity index (χ2v) is 6.81. The standard InChI is InChI=1S/C21H40O3/c1-3-4-5-6-7-8-9-10-11-12-13-14-15-16-17-18-20(22)19-21(23)24-2/h10-11,20,22H,3-9,12-19H2,1-2H3/t20-/m0/s1. The Bertz CT molecular complexity index is 299. The molecule has 0 rings (SSSR count). The highest BCUT2D eigenvalue weighted by atomic mass is 16.5. The lowest BCUT2D eigenvalue weighted by Crippen LogP contribution is -2.14. The maximum absolute atomic E-state index is 11.0. The number of carbonyl (C=O) groups excluding carboxylic acids is 1. The van der Waals surface area contributed by atoms with Crippen LogP contribution in [-0.4, -0.2) is 24.3 Å². The molecule has 0 aromatic heterocycles. The number of hydrogen-bond donors (Lipinski definition) is 1. The molecule has 0 saturated carbocycles. The Kier molecular flexibility index (Phi) is 17.9. The molecule has 0 bridgehead atoms. The molecule has 0 amide bonds. The predicted octanol–water partition coefficient (Wildman–Crippen LogP) is 5.95. The second kappa shape index (κ2) is 18.5. The molecule has 1 N–H and O–H groups in total. The highest BCUT2D eigenvalue weighted by molar-refractivity contribution is 5.69. The minimum Gasteiger partial charge on any atom is -0.469 e. The van der Waals surface area contributed by atoms with Crippen LogP contribution in [0.15, 0.2) is 12.2 Å². The number of methoxy groups -OCH3 is 1. The summed E-state index contributed by atoms with van der Waals surface area (Å²) in [5, 5.41) is 9.64. The van der Waals surface area contributed by atoms with E-state index in [0.717, 1.165) is 12.8 Å². The van der Waals surface area contributed by atoms with Crippen molar-refractivity contribution in [3.8, 4) is 0 Å². The van der Waals surface area contributed by atoms with Gasteiger partial charge in [-0.3, -0.25) is 4.79 Å². The van der Waals surface area contributed by atoms with Gasteiger partial charge < -0.3 is 9.84 Å².